The fraction of sp³-hybridized carbons (Fsp3) is 0.769. The highest BCUT2D eigenvalue weighted by molar-refractivity contribution is 5.95. The fourth-order valence-electron chi connectivity index (χ4n) is 3.56. The van der Waals surface area contributed by atoms with Gasteiger partial charge in [-0.1, -0.05) is 83.3 Å². The van der Waals surface area contributed by atoms with Crippen LogP contribution in [-0.2, 0) is 14.3 Å². The monoisotopic (exact) mass is 422 g/mol. The average molecular weight is 423 g/mol. The quantitative estimate of drug-likeness (QED) is 0.112. The Morgan fingerprint density at radius 1 is 0.767 bits per heavy atom. The molecule has 0 amide bonds. The first-order chi connectivity index (χ1) is 14.6. The number of hydrogen-bond acceptors (Lipinski definition) is 3. The van der Waals surface area contributed by atoms with E-state index in [4.69, 9.17) is 9.84 Å². The molecule has 0 aromatic carbocycles. The molecule has 0 aromatic rings. The van der Waals surface area contributed by atoms with Crippen LogP contribution in [0.5, 0.6) is 0 Å². The molecular weight excluding hydrogens is 376 g/mol. The lowest BCUT2D eigenvalue weighted by atomic mass is 10.0. The summed E-state index contributed by atoms with van der Waals surface area (Å²) in [6, 6.07) is 0. The van der Waals surface area contributed by atoms with Gasteiger partial charge in [0.2, 0.25) is 0 Å². The highest BCUT2D eigenvalue weighted by atomic mass is 16.5. The van der Waals surface area contributed by atoms with E-state index in [1.165, 1.54) is 83.5 Å². The van der Waals surface area contributed by atoms with Crippen molar-refractivity contribution >= 4 is 11.8 Å². The van der Waals surface area contributed by atoms with Crippen LogP contribution in [0.1, 0.15) is 117 Å². The molecule has 1 unspecified atom stereocenters. The number of allylic oxidation sites excluding steroid dienone is 3. The summed E-state index contributed by atoms with van der Waals surface area (Å²) in [5.41, 5.74) is 0. The maximum atomic E-state index is 11.8. The number of carbonyl (C=O) groups excluding carboxylic acids is 1. The Balaban J connectivity index is 3.56. The van der Waals surface area contributed by atoms with Crippen LogP contribution in [0.25, 0.3) is 0 Å². The number of rotatable bonds is 22. The van der Waals surface area contributed by atoms with Crippen molar-refractivity contribution in [3.8, 4) is 0 Å². The van der Waals surface area contributed by atoms with E-state index in [1.54, 1.807) is 0 Å². The number of aliphatic carboxylic acids is 1. The predicted octanol–water partition coefficient (Wildman–Crippen LogP) is 7.42. The van der Waals surface area contributed by atoms with Crippen LogP contribution in [0.2, 0.25) is 0 Å². The predicted molar refractivity (Wildman–Crippen MR) is 126 cm³/mol. The van der Waals surface area contributed by atoms with E-state index in [0.717, 1.165) is 25.0 Å². The second-order valence-electron chi connectivity index (χ2n) is 8.15. The molecule has 0 aliphatic rings. The van der Waals surface area contributed by atoms with E-state index >= 15 is 0 Å². The summed E-state index contributed by atoms with van der Waals surface area (Å²) < 4.78 is 5.64. The van der Waals surface area contributed by atoms with Gasteiger partial charge in [0.25, 0.3) is 0 Å². The molecule has 4 nitrogen and oxygen atoms in total. The molecule has 1 atom stereocenters. The van der Waals surface area contributed by atoms with Gasteiger partial charge in [0.15, 0.2) is 5.78 Å². The number of ether oxygens (including phenoxy) is 1. The van der Waals surface area contributed by atoms with Crippen molar-refractivity contribution in [2.24, 2.45) is 0 Å². The van der Waals surface area contributed by atoms with Crippen LogP contribution in [-0.4, -0.2) is 29.6 Å². The SMILES string of the molecule is CCCCCC/C=C\CCCCCCCCCCC(CC(=O)/C=C/C(=O)O)OCC. The molecular formula is C26H46O4. The number of hydrogen-bond donors (Lipinski definition) is 1. The van der Waals surface area contributed by atoms with Crippen molar-refractivity contribution in [1.82, 2.24) is 0 Å². The summed E-state index contributed by atoms with van der Waals surface area (Å²) in [4.78, 5) is 22.2. The Bertz CT molecular complexity index is 468. The van der Waals surface area contributed by atoms with E-state index in [-0.39, 0.29) is 18.3 Å². The number of unbranched alkanes of at least 4 members (excludes halogenated alkanes) is 12. The van der Waals surface area contributed by atoms with Gasteiger partial charge in [-0.25, -0.2) is 4.79 Å². The first-order valence-electron chi connectivity index (χ1n) is 12.3. The van der Waals surface area contributed by atoms with Gasteiger partial charge in [0.1, 0.15) is 0 Å². The molecule has 30 heavy (non-hydrogen) atoms. The van der Waals surface area contributed by atoms with Crippen molar-refractivity contribution in [2.45, 2.75) is 123 Å². The highest BCUT2D eigenvalue weighted by Gasteiger charge is 2.12. The molecule has 0 aliphatic carbocycles. The summed E-state index contributed by atoms with van der Waals surface area (Å²) in [6.45, 7) is 4.76. The second-order valence-corrected chi connectivity index (χ2v) is 8.15. The van der Waals surface area contributed by atoms with Gasteiger partial charge >= 0.3 is 5.97 Å². The van der Waals surface area contributed by atoms with Gasteiger partial charge in [-0.05, 0) is 45.1 Å². The van der Waals surface area contributed by atoms with Gasteiger partial charge in [0, 0.05) is 19.1 Å². The summed E-state index contributed by atoms with van der Waals surface area (Å²) in [6.07, 6.45) is 25.7. The van der Waals surface area contributed by atoms with Crippen molar-refractivity contribution in [3.63, 3.8) is 0 Å². The molecule has 0 bridgehead atoms. The summed E-state index contributed by atoms with van der Waals surface area (Å²) in [5.74, 6) is -1.27. The van der Waals surface area contributed by atoms with E-state index in [1.807, 2.05) is 6.92 Å². The highest BCUT2D eigenvalue weighted by Crippen LogP contribution is 2.15. The smallest absolute Gasteiger partial charge is 0.328 e. The Kier molecular flexibility index (Phi) is 21.2. The summed E-state index contributed by atoms with van der Waals surface area (Å²) in [5, 5.41) is 8.59. The summed E-state index contributed by atoms with van der Waals surface area (Å²) in [7, 11) is 0. The molecule has 4 heteroatoms. The Hall–Kier alpha value is -1.42. The molecule has 0 spiro atoms. The van der Waals surface area contributed by atoms with E-state index < -0.39 is 5.97 Å². The minimum atomic E-state index is -1.09. The minimum absolute atomic E-state index is 0.0966. The molecule has 0 aromatic heterocycles. The van der Waals surface area contributed by atoms with Crippen LogP contribution in [0.3, 0.4) is 0 Å². The summed E-state index contributed by atoms with van der Waals surface area (Å²) >= 11 is 0. The van der Waals surface area contributed by atoms with Crippen molar-refractivity contribution in [3.05, 3.63) is 24.3 Å². The maximum Gasteiger partial charge on any atom is 0.328 e. The topological polar surface area (TPSA) is 63.6 Å². The van der Waals surface area contributed by atoms with Crippen LogP contribution in [0.4, 0.5) is 0 Å². The molecule has 0 saturated heterocycles. The van der Waals surface area contributed by atoms with Gasteiger partial charge in [0.05, 0.1) is 6.10 Å². The zero-order valence-electron chi connectivity index (χ0n) is 19.6. The first-order valence-corrected chi connectivity index (χ1v) is 12.3. The van der Waals surface area contributed by atoms with Gasteiger partial charge < -0.3 is 9.84 Å². The third-order valence-corrected chi connectivity index (χ3v) is 5.28. The third-order valence-electron chi connectivity index (χ3n) is 5.28. The zero-order chi connectivity index (χ0) is 22.3. The lowest BCUT2D eigenvalue weighted by molar-refractivity contribution is -0.131. The lowest BCUT2D eigenvalue weighted by Crippen LogP contribution is -2.17. The molecule has 0 radical (unpaired) electrons. The van der Waals surface area contributed by atoms with Crippen molar-refractivity contribution in [1.29, 1.82) is 0 Å². The molecule has 174 valence electrons. The minimum Gasteiger partial charge on any atom is -0.478 e. The van der Waals surface area contributed by atoms with Crippen molar-refractivity contribution in [2.75, 3.05) is 6.61 Å². The van der Waals surface area contributed by atoms with Crippen LogP contribution < -0.4 is 0 Å². The molecule has 0 rings (SSSR count). The second kappa shape index (κ2) is 22.3. The Morgan fingerprint density at radius 3 is 1.83 bits per heavy atom. The number of carboxylic acid groups (broad SMARTS) is 1. The normalized spacial score (nSPS) is 12.7. The standard InChI is InChI=1S/C26H46O4/c1-3-5-6-7-8-9-10-11-12-13-14-15-16-17-18-19-20-25(30-4-2)23-24(27)21-22-26(28)29/h9-10,21-22,25H,3-8,11-20,23H2,1-2H3,(H,28,29)/b10-9-,22-21+. The molecule has 1 N–H and O–H groups in total. The molecule has 0 saturated carbocycles. The van der Waals surface area contributed by atoms with Crippen LogP contribution in [0.15, 0.2) is 24.3 Å². The molecule has 0 aliphatic heterocycles. The Labute approximate surface area is 185 Å². The first kappa shape index (κ1) is 28.6. The van der Waals surface area contributed by atoms with E-state index in [9.17, 15) is 9.59 Å². The van der Waals surface area contributed by atoms with Crippen LogP contribution in [0, 0.1) is 0 Å². The van der Waals surface area contributed by atoms with Gasteiger partial charge in [-0.2, -0.15) is 0 Å². The van der Waals surface area contributed by atoms with Crippen LogP contribution >= 0.6 is 0 Å². The van der Waals surface area contributed by atoms with Gasteiger partial charge in [-0.15, -0.1) is 0 Å². The Morgan fingerprint density at radius 2 is 1.30 bits per heavy atom. The number of carboxylic acids is 1. The number of carbonyl (C=O) groups is 2. The number of ketones is 1. The maximum absolute atomic E-state index is 11.8. The largest absolute Gasteiger partial charge is 0.478 e. The zero-order valence-corrected chi connectivity index (χ0v) is 19.6. The van der Waals surface area contributed by atoms with E-state index in [2.05, 4.69) is 19.1 Å². The molecule has 0 fully saturated rings. The third kappa shape index (κ3) is 21.3. The van der Waals surface area contributed by atoms with Gasteiger partial charge in [-0.3, -0.25) is 4.79 Å². The molecule has 0 heterocycles. The lowest BCUT2D eigenvalue weighted by Gasteiger charge is -2.15. The van der Waals surface area contributed by atoms with E-state index in [0.29, 0.717) is 6.61 Å². The van der Waals surface area contributed by atoms with Crippen molar-refractivity contribution < 1.29 is 19.4 Å². The fourth-order valence-corrected chi connectivity index (χ4v) is 3.56. The average Bonchev–Trinajstić information content (AvgIpc) is 2.72.